The smallest absolute Gasteiger partial charge is 0.310 e. The Hall–Kier alpha value is -2.28. The minimum Gasteiger partial charge on any atom is -0.465 e. The summed E-state index contributed by atoms with van der Waals surface area (Å²) in [6.45, 7) is 26.9. The highest BCUT2D eigenvalue weighted by Gasteiger charge is 2.52. The van der Waals surface area contributed by atoms with Crippen LogP contribution >= 0.6 is 0 Å². The van der Waals surface area contributed by atoms with Gasteiger partial charge >= 0.3 is 17.9 Å². The van der Waals surface area contributed by atoms with Crippen molar-refractivity contribution in [3.8, 4) is 0 Å². The molecule has 4 heterocycles. The third-order valence-electron chi connectivity index (χ3n) is 12.6. The highest BCUT2D eigenvalue weighted by Crippen LogP contribution is 2.43. The maximum atomic E-state index is 14.4. The third-order valence-corrected chi connectivity index (χ3v) is 12.6. The molecule has 4 aliphatic heterocycles. The Labute approximate surface area is 364 Å². The van der Waals surface area contributed by atoms with Gasteiger partial charge in [0.1, 0.15) is 24.6 Å². The summed E-state index contributed by atoms with van der Waals surface area (Å²) >= 11 is 0. The van der Waals surface area contributed by atoms with Gasteiger partial charge in [-0.15, -0.1) is 0 Å². The van der Waals surface area contributed by atoms with E-state index in [1.165, 1.54) is 6.92 Å². The number of nitrogens with zero attached hydrogens (tertiary/aromatic N) is 2. The van der Waals surface area contributed by atoms with Gasteiger partial charge in [-0.25, -0.2) is 0 Å². The van der Waals surface area contributed by atoms with Gasteiger partial charge in [0.25, 0.3) is 0 Å². The molecule has 0 radical (unpaired) electrons. The van der Waals surface area contributed by atoms with Crippen molar-refractivity contribution < 1.29 is 66.7 Å². The molecule has 4 saturated heterocycles. The molecular weight excluding hydrogens is 792 g/mol. The second kappa shape index (κ2) is 19.4. The van der Waals surface area contributed by atoms with Crippen LogP contribution in [0.4, 0.5) is 0 Å². The molecule has 4 aliphatic rings. The number of carbonyl (C=O) groups excluding carboxylic acids is 4. The number of rotatable bonds is 17. The highest BCUT2D eigenvalue weighted by molar-refractivity contribution is 5.89. The standard InChI is InChI=1S/C45H78N2O14/c1-29(48)17-32(35(50)60-30-19-41(6,7)46(53-15)42(8,9)20-30)33(36(51)61-31-21-43(10,11)47(54-16)44(12,13)22-31)18-34(49)55-24-40(4,5)38-58-27-45(28-59-38)25-56-37(57-26-45)39(2,3)23-52-14/h30-33,37-38H,17-28H2,1-16H3. The van der Waals surface area contributed by atoms with Crippen LogP contribution in [0.3, 0.4) is 0 Å². The van der Waals surface area contributed by atoms with Crippen molar-refractivity contribution in [3.05, 3.63) is 0 Å². The summed E-state index contributed by atoms with van der Waals surface area (Å²) in [4.78, 5) is 67.0. The van der Waals surface area contributed by atoms with E-state index < -0.39 is 93.9 Å². The number of carbonyl (C=O) groups is 4. The lowest BCUT2D eigenvalue weighted by Crippen LogP contribution is -2.62. The fourth-order valence-corrected chi connectivity index (χ4v) is 10.4. The van der Waals surface area contributed by atoms with Gasteiger partial charge in [-0.05, 0) is 62.3 Å². The summed E-state index contributed by atoms with van der Waals surface area (Å²) in [6, 6.07) is 0. The Morgan fingerprint density at radius 1 is 0.590 bits per heavy atom. The number of hydrogen-bond acceptors (Lipinski definition) is 16. The first-order valence-electron chi connectivity index (χ1n) is 21.7. The molecule has 2 atom stereocenters. The van der Waals surface area contributed by atoms with Crippen molar-refractivity contribution in [1.82, 2.24) is 10.1 Å². The second-order valence-corrected chi connectivity index (χ2v) is 21.9. The minimum atomic E-state index is -1.37. The SMILES string of the molecule is COCC(C)(C)C1OCC2(CO1)COC(C(C)(C)COC(=O)CC(C(=O)OC1CC(C)(C)N(OC)C(C)(C)C1)C(CC(C)=O)C(=O)OC1CC(C)(C)N(OC)C(C)(C)C1)OC2. The largest absolute Gasteiger partial charge is 0.465 e. The molecule has 1 spiro atoms. The van der Waals surface area contributed by atoms with E-state index in [0.29, 0.717) is 58.7 Å². The van der Waals surface area contributed by atoms with Crippen LogP contribution < -0.4 is 0 Å². The van der Waals surface area contributed by atoms with Crippen LogP contribution in [0.1, 0.15) is 129 Å². The maximum absolute atomic E-state index is 14.4. The molecule has 4 rings (SSSR count). The molecule has 352 valence electrons. The zero-order chi connectivity index (χ0) is 46.0. The van der Waals surface area contributed by atoms with E-state index in [2.05, 4.69) is 0 Å². The molecule has 0 N–H and O–H groups in total. The van der Waals surface area contributed by atoms with Gasteiger partial charge in [0, 0.05) is 72.2 Å². The second-order valence-electron chi connectivity index (χ2n) is 21.9. The molecule has 16 heteroatoms. The molecule has 0 aliphatic carbocycles. The normalized spacial score (nSPS) is 28.5. The van der Waals surface area contributed by atoms with E-state index in [1.807, 2.05) is 93.2 Å². The van der Waals surface area contributed by atoms with Gasteiger partial charge in [0.2, 0.25) is 0 Å². The van der Waals surface area contributed by atoms with Crippen molar-refractivity contribution in [1.29, 1.82) is 0 Å². The van der Waals surface area contributed by atoms with E-state index in [4.69, 9.17) is 47.6 Å². The molecule has 61 heavy (non-hydrogen) atoms. The number of esters is 3. The highest BCUT2D eigenvalue weighted by atomic mass is 16.7. The van der Waals surface area contributed by atoms with Crippen LogP contribution in [-0.4, -0.2) is 142 Å². The maximum Gasteiger partial charge on any atom is 0.310 e. The molecule has 0 bridgehead atoms. The molecule has 0 aromatic carbocycles. The molecule has 4 fully saturated rings. The average Bonchev–Trinajstić information content (AvgIpc) is 3.10. The zero-order valence-corrected chi connectivity index (χ0v) is 40.1. The number of Topliss-reactive ketones (excluding diaryl/α,β-unsaturated/α-hetero) is 1. The van der Waals surface area contributed by atoms with Gasteiger partial charge in [0.15, 0.2) is 12.6 Å². The van der Waals surface area contributed by atoms with E-state index in [0.717, 1.165) is 0 Å². The Kier molecular flexibility index (Phi) is 16.4. The minimum absolute atomic E-state index is 0.118. The van der Waals surface area contributed by atoms with Crippen molar-refractivity contribution in [2.24, 2.45) is 28.1 Å². The Balaban J connectivity index is 1.50. The van der Waals surface area contributed by atoms with Gasteiger partial charge in [0.05, 0.1) is 70.9 Å². The summed E-state index contributed by atoms with van der Waals surface area (Å²) in [7, 11) is 4.87. The molecular formula is C45H78N2O14. The van der Waals surface area contributed by atoms with Crippen molar-refractivity contribution in [2.75, 3.05) is 61.0 Å². The Morgan fingerprint density at radius 2 is 0.934 bits per heavy atom. The van der Waals surface area contributed by atoms with Crippen LogP contribution in [0.5, 0.6) is 0 Å². The summed E-state index contributed by atoms with van der Waals surface area (Å²) in [5, 5.41) is 3.79. The van der Waals surface area contributed by atoms with Crippen molar-refractivity contribution in [2.45, 2.75) is 175 Å². The number of hydrogen-bond donors (Lipinski definition) is 0. The van der Waals surface area contributed by atoms with E-state index in [1.54, 1.807) is 21.3 Å². The molecule has 0 aromatic heterocycles. The van der Waals surface area contributed by atoms with Crippen LogP contribution in [0, 0.1) is 28.1 Å². The number of methoxy groups -OCH3 is 1. The predicted molar refractivity (Wildman–Crippen MR) is 223 cm³/mol. The quantitative estimate of drug-likeness (QED) is 0.127. The molecule has 2 unspecified atom stereocenters. The fraction of sp³-hybridized carbons (Fsp3) is 0.911. The van der Waals surface area contributed by atoms with Gasteiger partial charge in [-0.2, -0.15) is 10.1 Å². The lowest BCUT2D eigenvalue weighted by molar-refractivity contribution is -0.337. The average molecular weight is 871 g/mol. The number of piperidine rings is 2. The van der Waals surface area contributed by atoms with Gasteiger partial charge < -0.3 is 52.4 Å². The first kappa shape index (κ1) is 51.4. The van der Waals surface area contributed by atoms with E-state index in [-0.39, 0.29) is 24.2 Å². The van der Waals surface area contributed by atoms with Crippen molar-refractivity contribution >= 4 is 23.7 Å². The van der Waals surface area contributed by atoms with Crippen molar-refractivity contribution in [3.63, 3.8) is 0 Å². The fourth-order valence-electron chi connectivity index (χ4n) is 10.4. The monoisotopic (exact) mass is 871 g/mol. The first-order valence-corrected chi connectivity index (χ1v) is 21.7. The van der Waals surface area contributed by atoms with Crippen LogP contribution in [0.2, 0.25) is 0 Å². The molecule has 0 aromatic rings. The predicted octanol–water partition coefficient (Wildman–Crippen LogP) is 5.81. The summed E-state index contributed by atoms with van der Waals surface area (Å²) in [5.74, 6) is -5.28. The van der Waals surface area contributed by atoms with E-state index in [9.17, 15) is 19.2 Å². The summed E-state index contributed by atoms with van der Waals surface area (Å²) < 4.78 is 48.3. The lowest BCUT2D eigenvalue weighted by Gasteiger charge is -2.53. The molecule has 16 nitrogen and oxygen atoms in total. The zero-order valence-electron chi connectivity index (χ0n) is 40.1. The summed E-state index contributed by atoms with van der Waals surface area (Å²) in [6.07, 6.45) is -1.38. The van der Waals surface area contributed by atoms with Crippen LogP contribution in [0.25, 0.3) is 0 Å². The van der Waals surface area contributed by atoms with Gasteiger partial charge in [-0.3, -0.25) is 14.4 Å². The third kappa shape index (κ3) is 12.5. The summed E-state index contributed by atoms with van der Waals surface area (Å²) in [5.41, 5.74) is -3.68. The molecule has 0 amide bonds. The first-order chi connectivity index (χ1) is 28.0. The number of ether oxygens (including phenoxy) is 8. The van der Waals surface area contributed by atoms with Crippen LogP contribution in [0.15, 0.2) is 0 Å². The van der Waals surface area contributed by atoms with E-state index >= 15 is 0 Å². The Bertz CT molecular complexity index is 1490. The number of ketones is 1. The van der Waals surface area contributed by atoms with Gasteiger partial charge in [-0.1, -0.05) is 27.7 Å². The Morgan fingerprint density at radius 3 is 1.26 bits per heavy atom. The molecule has 0 saturated carbocycles. The lowest BCUT2D eigenvalue weighted by atomic mass is 9.79. The number of hydroxylamine groups is 4. The van der Waals surface area contributed by atoms with Crippen LogP contribution in [-0.2, 0) is 66.7 Å². The topological polar surface area (TPSA) is 167 Å².